The number of hydrogen-bond donors (Lipinski definition) is 5. The van der Waals surface area contributed by atoms with Gasteiger partial charge >= 0.3 is 6.09 Å². The van der Waals surface area contributed by atoms with Gasteiger partial charge in [0.2, 0.25) is 23.6 Å². The number of amides is 5. The van der Waals surface area contributed by atoms with Gasteiger partial charge in [0.1, 0.15) is 101 Å². The van der Waals surface area contributed by atoms with Crippen molar-refractivity contribution in [1.29, 1.82) is 0 Å². The number of aromatic nitrogens is 9. The fourth-order valence-electron chi connectivity index (χ4n) is 16.9. The predicted octanol–water partition coefficient (Wildman–Crippen LogP) is 0.403. The SMILES string of the molecule is CC(=O)N[C@H]1[C@H]2OC[C@](COCCOCCOCCOCCn3cc(COCC(COCc4cn(CCOCCOCCOCCOC[C@@]56CO[C@@H](O5)[C@H](NC(C)=O)[C@H]5OC(C)(C)O[C@H]56)nn4)(COCc4cn(CCOCCOCCOCCOC[C@@]56CO[C@@H](O5)[C@H](NC(C)=O)[C@H]5OC(C)(C)O[C@H]56)nn4)NC(=O)CCCCCNC(=O)OCc4ccccc4)nn3)(O2)[C@@H]2OC(C)(C)O[C@H]12. The number of rotatable bonds is 66. The van der Waals surface area contributed by atoms with E-state index in [1.807, 2.05) is 71.9 Å². The number of unbranched alkanes of at least 4 members (excludes halogenated alkanes) is 2. The van der Waals surface area contributed by atoms with E-state index in [4.69, 9.17) is 133 Å². The van der Waals surface area contributed by atoms with Crippen LogP contribution in [-0.4, -0.2) is 393 Å². The zero-order valence-electron chi connectivity index (χ0n) is 78.2. The second-order valence-electron chi connectivity index (χ2n) is 35.5. The third kappa shape index (κ3) is 31.1. The van der Waals surface area contributed by atoms with Crippen LogP contribution in [0.15, 0.2) is 48.9 Å². The van der Waals surface area contributed by atoms with Gasteiger partial charge in [-0.15, -0.1) is 15.3 Å². The molecule has 5 N–H and O–H groups in total. The van der Waals surface area contributed by atoms with E-state index in [1.165, 1.54) is 20.8 Å². The number of nitrogens with zero attached hydrogens (tertiary/aromatic N) is 9. The van der Waals surface area contributed by atoms with Crippen LogP contribution in [0, 0.1) is 0 Å². The summed E-state index contributed by atoms with van der Waals surface area (Å²) in [6.45, 7) is 24.7. The Morgan fingerprint density at radius 1 is 0.388 bits per heavy atom. The van der Waals surface area contributed by atoms with Gasteiger partial charge in [-0.1, -0.05) is 52.4 Å². The van der Waals surface area contributed by atoms with Crippen molar-refractivity contribution in [2.45, 2.75) is 247 Å². The lowest BCUT2D eigenvalue weighted by Crippen LogP contribution is -2.65. The Labute approximate surface area is 778 Å². The van der Waals surface area contributed by atoms with E-state index in [0.29, 0.717) is 201 Å². The molecular formula is C87H136N14O33. The molecule has 3 aromatic heterocycles. The molecule has 0 unspecified atom stereocenters. The standard InChI is InChI=1S/C87H136N14O33/c1-60(102)89-68-71-74(129-81(4,5)126-71)85(57-123-77(68)132-85)54-116-41-38-113-35-32-110-29-26-107-23-20-99-44-64(93-96-99)48-119-51-84(92-67(105)18-14-11-15-19-88-80(106)122-47-63-16-12-10-13-17-63,52-120-49-65-45-100(97-94-65)21-24-108-27-30-111-33-36-114-39-42-117-55-86-58-124-78(133-86)69(90-61(2)103)72-75(86)130-82(6,7)127-72)53-121-50-66-46-101(98-95-66)22-25-109-28-31-112-34-37-115-40-43-118-56-87-59-125-79(134-87)70(91-62(3)104)73-76(87)131-83(8,9)128-73/h10,12-13,16-17,44-46,68-79H,11,14-15,18-43,47-59H2,1-9H3,(H,88,106)(H,89,102)(H,90,103)(H,91,104)(H,92,105)/t68-,69-,70-,71-,72-,73-,74-,75-,76-,77+,78+,79+,85+,86+,87+/m1/s1. The first kappa shape index (κ1) is 104. The summed E-state index contributed by atoms with van der Waals surface area (Å²) in [7, 11) is 0. The van der Waals surface area contributed by atoms with Gasteiger partial charge in [0.05, 0.1) is 256 Å². The van der Waals surface area contributed by atoms with Gasteiger partial charge < -0.3 is 159 Å². The minimum Gasteiger partial charge on any atom is -0.445 e. The number of fused-ring (bicyclic) bond motifs is 12. The van der Waals surface area contributed by atoms with E-state index in [2.05, 4.69) is 57.5 Å². The van der Waals surface area contributed by atoms with E-state index in [-0.39, 0.29) is 116 Å². The van der Waals surface area contributed by atoms with Gasteiger partial charge in [-0.05, 0) is 59.9 Å². The van der Waals surface area contributed by atoms with Crippen LogP contribution in [-0.2, 0) is 198 Å². The number of carbonyl (C=O) groups is 5. The van der Waals surface area contributed by atoms with Gasteiger partial charge in [-0.25, -0.2) is 18.8 Å². The molecule has 134 heavy (non-hydrogen) atoms. The van der Waals surface area contributed by atoms with E-state index < -0.39 is 119 Å². The number of ether oxygens (including phenoxy) is 28. The summed E-state index contributed by atoms with van der Waals surface area (Å²) < 4.78 is 174. The minimum absolute atomic E-state index is 0.000671. The van der Waals surface area contributed by atoms with Gasteiger partial charge in [0.15, 0.2) is 36.2 Å². The van der Waals surface area contributed by atoms with E-state index in [0.717, 1.165) is 5.56 Å². The summed E-state index contributed by atoms with van der Waals surface area (Å²) in [6, 6.07) is 7.83. The van der Waals surface area contributed by atoms with Crippen molar-refractivity contribution in [3.63, 3.8) is 0 Å². The van der Waals surface area contributed by atoms with Crippen molar-refractivity contribution < 1.29 is 157 Å². The van der Waals surface area contributed by atoms with E-state index in [9.17, 15) is 24.0 Å². The maximum Gasteiger partial charge on any atom is 0.407 e. The molecule has 5 amide bonds. The molecule has 47 nitrogen and oxygen atoms in total. The first-order valence-corrected chi connectivity index (χ1v) is 46.1. The summed E-state index contributed by atoms with van der Waals surface area (Å²) in [4.78, 5) is 62.8. The fourth-order valence-corrected chi connectivity index (χ4v) is 16.9. The second-order valence-corrected chi connectivity index (χ2v) is 35.5. The molecule has 9 saturated heterocycles. The Morgan fingerprint density at radius 2 is 0.709 bits per heavy atom. The lowest BCUT2D eigenvalue weighted by Gasteiger charge is -2.42. The third-order valence-electron chi connectivity index (χ3n) is 22.9. The quantitative estimate of drug-likeness (QED) is 0.0374. The Hall–Kier alpha value is -7.29. The molecule has 9 aliphatic rings. The first-order valence-electron chi connectivity index (χ1n) is 46.1. The highest BCUT2D eigenvalue weighted by molar-refractivity contribution is 5.77. The van der Waals surface area contributed by atoms with E-state index in [1.54, 1.807) is 32.6 Å². The van der Waals surface area contributed by atoms with Crippen molar-refractivity contribution in [1.82, 2.24) is 71.6 Å². The molecule has 9 aliphatic heterocycles. The van der Waals surface area contributed by atoms with Crippen LogP contribution in [0.3, 0.4) is 0 Å². The second kappa shape index (κ2) is 51.0. The molecule has 6 bridgehead atoms. The zero-order valence-corrected chi connectivity index (χ0v) is 78.2. The van der Waals surface area contributed by atoms with Crippen LogP contribution in [0.2, 0.25) is 0 Å². The van der Waals surface area contributed by atoms with Gasteiger partial charge in [-0.2, -0.15) is 0 Å². The predicted molar refractivity (Wildman–Crippen MR) is 458 cm³/mol. The molecule has 752 valence electrons. The molecule has 4 aromatic rings. The fraction of sp³-hybridized carbons (Fsp3) is 0.805. The Balaban J connectivity index is 0.536. The summed E-state index contributed by atoms with van der Waals surface area (Å²) in [6.07, 6.45) is 1.52. The van der Waals surface area contributed by atoms with Crippen LogP contribution >= 0.6 is 0 Å². The summed E-state index contributed by atoms with van der Waals surface area (Å²) in [5.74, 6) is -3.59. The number of carbonyl (C=O) groups excluding carboxylic acids is 5. The van der Waals surface area contributed by atoms with Crippen LogP contribution in [0.1, 0.15) is 111 Å². The summed E-state index contributed by atoms with van der Waals surface area (Å²) in [5, 5.41) is 40.7. The monoisotopic (exact) mass is 1900 g/mol. The third-order valence-corrected chi connectivity index (χ3v) is 22.9. The molecule has 0 spiro atoms. The van der Waals surface area contributed by atoms with Gasteiger partial charge in [0, 0.05) is 33.7 Å². The largest absolute Gasteiger partial charge is 0.445 e. The first-order chi connectivity index (χ1) is 64.8. The van der Waals surface area contributed by atoms with Crippen molar-refractivity contribution in [2.75, 3.05) is 205 Å². The summed E-state index contributed by atoms with van der Waals surface area (Å²) >= 11 is 0. The molecule has 47 heteroatoms. The van der Waals surface area contributed by atoms with Crippen molar-refractivity contribution in [2.24, 2.45) is 0 Å². The van der Waals surface area contributed by atoms with Crippen molar-refractivity contribution >= 4 is 29.7 Å². The van der Waals surface area contributed by atoms with E-state index >= 15 is 0 Å². The highest BCUT2D eigenvalue weighted by Gasteiger charge is 2.69. The number of hydrogen-bond acceptors (Lipinski definition) is 39. The average molecular weight is 1910 g/mol. The van der Waals surface area contributed by atoms with Gasteiger partial charge in [-0.3, -0.25) is 19.2 Å². The molecular weight excluding hydrogens is 1770 g/mol. The maximum absolute atomic E-state index is 14.3. The maximum atomic E-state index is 14.3. The van der Waals surface area contributed by atoms with Crippen molar-refractivity contribution in [3.05, 3.63) is 71.6 Å². The minimum atomic E-state index is -1.31. The normalized spacial score (nSPS) is 27.1. The zero-order chi connectivity index (χ0) is 94.3. The van der Waals surface area contributed by atoms with Crippen LogP contribution in [0.25, 0.3) is 0 Å². The van der Waals surface area contributed by atoms with Crippen LogP contribution in [0.5, 0.6) is 0 Å². The number of nitrogens with one attached hydrogen (secondary N) is 5. The highest BCUT2D eigenvalue weighted by atomic mass is 16.8. The molecule has 15 atom stereocenters. The molecule has 1 aromatic carbocycles. The highest BCUT2D eigenvalue weighted by Crippen LogP contribution is 2.50. The Bertz CT molecular complexity index is 3870. The molecule has 9 fully saturated rings. The number of benzene rings is 1. The summed E-state index contributed by atoms with van der Waals surface area (Å²) in [5.41, 5.74) is -1.60. The lowest BCUT2D eigenvalue weighted by atomic mass is 9.88. The smallest absolute Gasteiger partial charge is 0.407 e. The molecule has 13 rings (SSSR count). The van der Waals surface area contributed by atoms with Crippen LogP contribution < -0.4 is 26.6 Å². The van der Waals surface area contributed by atoms with Crippen molar-refractivity contribution in [3.8, 4) is 0 Å². The Kier molecular flexibility index (Phi) is 39.6. The molecule has 0 saturated carbocycles. The Morgan fingerprint density at radius 3 is 1.04 bits per heavy atom. The van der Waals surface area contributed by atoms with Gasteiger partial charge in [0.25, 0.3) is 0 Å². The average Bonchev–Trinajstić information content (AvgIpc) is 1.58. The van der Waals surface area contributed by atoms with Crippen LogP contribution in [0.4, 0.5) is 4.79 Å². The number of alkyl carbamates (subject to hydrolysis) is 1. The lowest BCUT2D eigenvalue weighted by molar-refractivity contribution is -0.214. The molecule has 0 radical (unpaired) electrons. The topological polar surface area (TPSA) is 496 Å². The molecule has 12 heterocycles. The molecule has 0 aliphatic carbocycles.